The molecule has 0 N–H and O–H groups in total. The Morgan fingerprint density at radius 1 is 1.06 bits per heavy atom. The van der Waals surface area contributed by atoms with Gasteiger partial charge in [0.05, 0.1) is 5.69 Å². The van der Waals surface area contributed by atoms with E-state index in [1.54, 1.807) is 0 Å². The van der Waals surface area contributed by atoms with Crippen molar-refractivity contribution < 1.29 is 14.3 Å². The van der Waals surface area contributed by atoms with Crippen LogP contribution in [0.2, 0.25) is 0 Å². The number of ether oxygens (including phenoxy) is 2. The van der Waals surface area contributed by atoms with E-state index in [9.17, 15) is 4.79 Å². The van der Waals surface area contributed by atoms with Gasteiger partial charge in [-0.3, -0.25) is 9.69 Å². The first-order chi connectivity index (χ1) is 15.1. The molecule has 5 heteroatoms. The van der Waals surface area contributed by atoms with Gasteiger partial charge in [0.15, 0.2) is 0 Å². The van der Waals surface area contributed by atoms with Crippen molar-refractivity contribution in [2.24, 2.45) is 0 Å². The van der Waals surface area contributed by atoms with Crippen LogP contribution >= 0.6 is 0 Å². The van der Waals surface area contributed by atoms with Gasteiger partial charge >= 0.3 is 5.97 Å². The number of rotatable bonds is 7. The van der Waals surface area contributed by atoms with Crippen molar-refractivity contribution in [2.45, 2.75) is 33.4 Å². The summed E-state index contributed by atoms with van der Waals surface area (Å²) >= 11 is 0. The summed E-state index contributed by atoms with van der Waals surface area (Å²) in [7, 11) is 0. The summed E-state index contributed by atoms with van der Waals surface area (Å²) in [6, 6.07) is 20.8. The Kier molecular flexibility index (Phi) is 6.63. The van der Waals surface area contributed by atoms with Gasteiger partial charge in [0.25, 0.3) is 0 Å². The normalized spacial score (nSPS) is 13.5. The zero-order valence-electron chi connectivity index (χ0n) is 18.1. The fourth-order valence-electron chi connectivity index (χ4n) is 3.97. The lowest BCUT2D eigenvalue weighted by molar-refractivity contribution is -0.141. The lowest BCUT2D eigenvalue weighted by Crippen LogP contribution is -2.34. The Bertz CT molecular complexity index is 1050. The fraction of sp³-hybridized carbons (Fsp3) is 0.308. The molecule has 0 radical (unpaired) electrons. The van der Waals surface area contributed by atoms with Gasteiger partial charge in [-0.1, -0.05) is 54.6 Å². The highest BCUT2D eigenvalue weighted by Crippen LogP contribution is 2.27. The first kappa shape index (κ1) is 21.1. The van der Waals surface area contributed by atoms with Gasteiger partial charge in [-0.2, -0.15) is 0 Å². The minimum Gasteiger partial charge on any atom is -0.473 e. The molecule has 2 heterocycles. The van der Waals surface area contributed by atoms with Crippen molar-refractivity contribution in [3.05, 3.63) is 83.0 Å². The number of carbonyl (C=O) groups excluding carboxylic acids is 1. The number of carbonyl (C=O) groups is 1. The lowest BCUT2D eigenvalue weighted by atomic mass is 9.97. The van der Waals surface area contributed by atoms with Crippen LogP contribution in [0.15, 0.2) is 60.7 Å². The van der Waals surface area contributed by atoms with E-state index < -0.39 is 0 Å². The summed E-state index contributed by atoms with van der Waals surface area (Å²) in [6.45, 7) is 6.98. The zero-order chi connectivity index (χ0) is 21.6. The highest BCUT2D eigenvalue weighted by Gasteiger charge is 2.18. The Balaban J connectivity index is 1.39. The molecule has 0 spiro atoms. The Hall–Kier alpha value is -3.18. The number of esters is 1. The maximum absolute atomic E-state index is 10.9. The molecule has 1 aliphatic heterocycles. The van der Waals surface area contributed by atoms with Crippen LogP contribution in [0.25, 0.3) is 11.1 Å². The highest BCUT2D eigenvalue weighted by molar-refractivity contribution is 5.68. The first-order valence-corrected chi connectivity index (χ1v) is 10.7. The number of hydrogen-bond acceptors (Lipinski definition) is 5. The Morgan fingerprint density at radius 2 is 1.90 bits per heavy atom. The molecule has 4 rings (SSSR count). The number of fused-ring (bicyclic) bond motifs is 1. The van der Waals surface area contributed by atoms with Gasteiger partial charge in [-0.05, 0) is 34.7 Å². The van der Waals surface area contributed by atoms with Crippen molar-refractivity contribution in [2.75, 3.05) is 19.7 Å². The molecule has 0 unspecified atom stereocenters. The molecule has 31 heavy (non-hydrogen) atoms. The summed E-state index contributed by atoms with van der Waals surface area (Å²) in [5.74, 6) is 0.432. The van der Waals surface area contributed by atoms with E-state index >= 15 is 0 Å². The molecule has 3 aromatic rings. The maximum Gasteiger partial charge on any atom is 0.302 e. The topological polar surface area (TPSA) is 51.7 Å². The van der Waals surface area contributed by atoms with Gasteiger partial charge in [-0.25, -0.2) is 4.98 Å². The van der Waals surface area contributed by atoms with Crippen molar-refractivity contribution in [1.82, 2.24) is 9.88 Å². The van der Waals surface area contributed by atoms with E-state index in [1.165, 1.54) is 29.2 Å². The summed E-state index contributed by atoms with van der Waals surface area (Å²) in [5, 5.41) is 0. The summed E-state index contributed by atoms with van der Waals surface area (Å²) in [6.07, 6.45) is 0.870. The molecule has 0 amide bonds. The third-order valence-electron chi connectivity index (χ3n) is 5.72. The number of aromatic nitrogens is 1. The SMILES string of the molecule is CC(=O)OCCN1CCc2nc(OCc3cccc(-c4ccccc4)c3C)ccc2C1. The van der Waals surface area contributed by atoms with Gasteiger partial charge in [0, 0.05) is 39.0 Å². The molecular weight excluding hydrogens is 388 g/mol. The molecule has 1 aliphatic rings. The van der Waals surface area contributed by atoms with Crippen LogP contribution in [-0.2, 0) is 29.1 Å². The fourth-order valence-corrected chi connectivity index (χ4v) is 3.97. The number of nitrogens with zero attached hydrogens (tertiary/aromatic N) is 2. The smallest absolute Gasteiger partial charge is 0.302 e. The second-order valence-electron chi connectivity index (χ2n) is 7.87. The average Bonchev–Trinajstić information content (AvgIpc) is 2.78. The number of pyridine rings is 1. The van der Waals surface area contributed by atoms with Crippen LogP contribution < -0.4 is 4.74 Å². The van der Waals surface area contributed by atoms with Crippen LogP contribution in [0.3, 0.4) is 0 Å². The van der Waals surface area contributed by atoms with E-state index in [-0.39, 0.29) is 5.97 Å². The minimum atomic E-state index is -0.231. The summed E-state index contributed by atoms with van der Waals surface area (Å²) in [4.78, 5) is 18.0. The molecule has 0 fully saturated rings. The summed E-state index contributed by atoms with van der Waals surface area (Å²) in [5.41, 5.74) is 7.15. The monoisotopic (exact) mass is 416 g/mol. The van der Waals surface area contributed by atoms with E-state index in [2.05, 4.69) is 60.4 Å². The molecule has 1 aromatic heterocycles. The van der Waals surface area contributed by atoms with Crippen LogP contribution in [0.5, 0.6) is 5.88 Å². The van der Waals surface area contributed by atoms with Gasteiger partial charge in [0.2, 0.25) is 5.88 Å². The molecular formula is C26H28N2O3. The lowest BCUT2D eigenvalue weighted by Gasteiger charge is -2.28. The number of hydrogen-bond donors (Lipinski definition) is 0. The molecule has 5 nitrogen and oxygen atoms in total. The van der Waals surface area contributed by atoms with Crippen molar-refractivity contribution in [3.8, 4) is 17.0 Å². The van der Waals surface area contributed by atoms with Gasteiger partial charge in [0.1, 0.15) is 13.2 Å². The number of benzene rings is 2. The van der Waals surface area contributed by atoms with Crippen LogP contribution in [0.1, 0.15) is 29.3 Å². The van der Waals surface area contributed by atoms with Crippen LogP contribution in [0, 0.1) is 6.92 Å². The molecule has 0 aliphatic carbocycles. The van der Waals surface area contributed by atoms with E-state index in [0.717, 1.165) is 37.3 Å². The molecule has 0 saturated carbocycles. The molecule has 2 aromatic carbocycles. The predicted molar refractivity (Wildman–Crippen MR) is 121 cm³/mol. The zero-order valence-corrected chi connectivity index (χ0v) is 18.1. The first-order valence-electron chi connectivity index (χ1n) is 10.7. The Morgan fingerprint density at radius 3 is 2.71 bits per heavy atom. The molecule has 0 saturated heterocycles. The third-order valence-corrected chi connectivity index (χ3v) is 5.72. The standard InChI is InChI=1S/C26H28N2O3/c1-19-23(9-6-10-24(19)21-7-4-3-5-8-21)18-31-26-12-11-22-17-28(14-13-25(22)27-26)15-16-30-20(2)29/h3-12H,13-18H2,1-2H3. The van der Waals surface area contributed by atoms with Gasteiger partial charge < -0.3 is 9.47 Å². The Labute approximate surface area is 183 Å². The predicted octanol–water partition coefficient (Wildman–Crippen LogP) is 4.56. The van der Waals surface area contributed by atoms with Crippen LogP contribution in [0.4, 0.5) is 0 Å². The van der Waals surface area contributed by atoms with E-state index in [0.29, 0.717) is 19.1 Å². The van der Waals surface area contributed by atoms with Crippen LogP contribution in [-0.4, -0.2) is 35.5 Å². The molecule has 160 valence electrons. The van der Waals surface area contributed by atoms with Gasteiger partial charge in [-0.15, -0.1) is 0 Å². The average molecular weight is 417 g/mol. The maximum atomic E-state index is 10.9. The van der Waals surface area contributed by atoms with E-state index in [1.807, 2.05) is 12.1 Å². The minimum absolute atomic E-state index is 0.231. The quantitative estimate of drug-likeness (QED) is 0.529. The molecule has 0 atom stereocenters. The third kappa shape index (κ3) is 5.30. The largest absolute Gasteiger partial charge is 0.473 e. The summed E-state index contributed by atoms with van der Waals surface area (Å²) < 4.78 is 11.1. The van der Waals surface area contributed by atoms with Crippen molar-refractivity contribution in [3.63, 3.8) is 0 Å². The van der Waals surface area contributed by atoms with E-state index in [4.69, 9.17) is 14.5 Å². The van der Waals surface area contributed by atoms with Crippen molar-refractivity contribution in [1.29, 1.82) is 0 Å². The van der Waals surface area contributed by atoms with Crippen molar-refractivity contribution >= 4 is 5.97 Å². The molecule has 0 bridgehead atoms. The highest BCUT2D eigenvalue weighted by atomic mass is 16.5. The second-order valence-corrected chi connectivity index (χ2v) is 7.87. The second kappa shape index (κ2) is 9.75.